The van der Waals surface area contributed by atoms with Crippen LogP contribution in [0.15, 0.2) is 46.1 Å². The summed E-state index contributed by atoms with van der Waals surface area (Å²) in [6.45, 7) is 0. The molecule has 0 fully saturated rings. The molecule has 0 radical (unpaired) electrons. The molecule has 0 amide bonds. The predicted octanol–water partition coefficient (Wildman–Crippen LogP) is 3.31. The van der Waals surface area contributed by atoms with Crippen LogP contribution in [0.3, 0.4) is 0 Å². The molecular weight excluding hydrogens is 322 g/mol. The highest BCUT2D eigenvalue weighted by Gasteiger charge is 2.09. The number of aromatic nitrogens is 1. The Labute approximate surface area is 125 Å². The number of nitrogens with one attached hydrogen (secondary N) is 1. The molecule has 1 aromatic heterocycles. The molecule has 0 bridgehead atoms. The van der Waals surface area contributed by atoms with Crippen LogP contribution in [0.1, 0.15) is 5.56 Å². The summed E-state index contributed by atoms with van der Waals surface area (Å²) in [6, 6.07) is 9.30. The number of rotatable bonds is 5. The fourth-order valence-electron chi connectivity index (χ4n) is 1.61. The third-order valence-electron chi connectivity index (χ3n) is 2.51. The van der Waals surface area contributed by atoms with Gasteiger partial charge in [-0.2, -0.15) is 5.10 Å². The van der Waals surface area contributed by atoms with Crippen LogP contribution in [-0.2, 0) is 0 Å². The largest absolute Gasteiger partial charge is 0.493 e. The van der Waals surface area contributed by atoms with Crippen LogP contribution in [0.5, 0.6) is 11.5 Å². The Kier molecular flexibility index (Phi) is 4.95. The lowest BCUT2D eigenvalue weighted by atomic mass is 10.2. The molecule has 0 unspecified atom stereocenters. The molecule has 1 aromatic carbocycles. The molecule has 0 spiro atoms. The maximum absolute atomic E-state index is 5.27. The quantitative estimate of drug-likeness (QED) is 0.672. The highest BCUT2D eigenvalue weighted by atomic mass is 79.9. The number of hydrogen-bond acceptors (Lipinski definition) is 5. The standard InChI is InChI=1S/C14H14BrN3O2/c1-19-12-8-10(7-11(15)14(12)20-2)9-17-18-13-5-3-4-6-16-13/h3-9H,1-2H3,(H,16,18)/b17-9-. The van der Waals surface area contributed by atoms with Crippen molar-refractivity contribution in [3.05, 3.63) is 46.6 Å². The third kappa shape index (κ3) is 3.48. The van der Waals surface area contributed by atoms with Crippen molar-refractivity contribution in [2.75, 3.05) is 19.6 Å². The number of pyridine rings is 1. The van der Waals surface area contributed by atoms with Crippen molar-refractivity contribution in [3.63, 3.8) is 0 Å². The highest BCUT2D eigenvalue weighted by Crippen LogP contribution is 2.35. The zero-order valence-corrected chi connectivity index (χ0v) is 12.7. The summed E-state index contributed by atoms with van der Waals surface area (Å²) in [5.41, 5.74) is 3.72. The molecule has 0 saturated heterocycles. The van der Waals surface area contributed by atoms with Gasteiger partial charge in [-0.3, -0.25) is 5.43 Å². The van der Waals surface area contributed by atoms with Gasteiger partial charge in [-0.25, -0.2) is 4.98 Å². The number of halogens is 1. The van der Waals surface area contributed by atoms with Crippen LogP contribution in [0.25, 0.3) is 0 Å². The van der Waals surface area contributed by atoms with Gasteiger partial charge in [0.2, 0.25) is 0 Å². The van der Waals surface area contributed by atoms with E-state index >= 15 is 0 Å². The molecule has 6 heteroatoms. The van der Waals surface area contributed by atoms with Crippen molar-refractivity contribution >= 4 is 28.0 Å². The number of methoxy groups -OCH3 is 2. The van der Waals surface area contributed by atoms with Crippen molar-refractivity contribution in [1.29, 1.82) is 0 Å². The minimum Gasteiger partial charge on any atom is -0.493 e. The Bertz CT molecular complexity index is 603. The van der Waals surface area contributed by atoms with Gasteiger partial charge in [-0.05, 0) is 45.8 Å². The first-order valence-corrected chi connectivity index (χ1v) is 6.65. The van der Waals surface area contributed by atoms with Gasteiger partial charge >= 0.3 is 0 Å². The second kappa shape index (κ2) is 6.91. The van der Waals surface area contributed by atoms with Gasteiger partial charge in [0.15, 0.2) is 11.5 Å². The maximum Gasteiger partial charge on any atom is 0.174 e. The number of ether oxygens (including phenoxy) is 2. The Balaban J connectivity index is 2.15. The molecule has 1 N–H and O–H groups in total. The van der Waals surface area contributed by atoms with Crippen molar-refractivity contribution < 1.29 is 9.47 Å². The summed E-state index contributed by atoms with van der Waals surface area (Å²) in [6.07, 6.45) is 3.38. The molecular formula is C14H14BrN3O2. The fraction of sp³-hybridized carbons (Fsp3) is 0.143. The number of hydrazone groups is 1. The molecule has 0 aliphatic rings. The zero-order valence-electron chi connectivity index (χ0n) is 11.1. The summed E-state index contributed by atoms with van der Waals surface area (Å²) >= 11 is 3.44. The smallest absolute Gasteiger partial charge is 0.174 e. The lowest BCUT2D eigenvalue weighted by Gasteiger charge is -2.10. The lowest BCUT2D eigenvalue weighted by Crippen LogP contribution is -1.95. The Hall–Kier alpha value is -2.08. The van der Waals surface area contributed by atoms with Crippen LogP contribution >= 0.6 is 15.9 Å². The van der Waals surface area contributed by atoms with E-state index in [0.29, 0.717) is 17.3 Å². The van der Waals surface area contributed by atoms with Gasteiger partial charge in [-0.1, -0.05) is 6.07 Å². The van der Waals surface area contributed by atoms with Gasteiger partial charge in [-0.15, -0.1) is 0 Å². The fourth-order valence-corrected chi connectivity index (χ4v) is 2.24. The maximum atomic E-state index is 5.27. The van der Waals surface area contributed by atoms with E-state index in [1.807, 2.05) is 30.3 Å². The van der Waals surface area contributed by atoms with Crippen LogP contribution in [0.2, 0.25) is 0 Å². The van der Waals surface area contributed by atoms with Crippen LogP contribution in [-0.4, -0.2) is 25.4 Å². The van der Waals surface area contributed by atoms with E-state index in [4.69, 9.17) is 9.47 Å². The van der Waals surface area contributed by atoms with E-state index in [9.17, 15) is 0 Å². The number of benzene rings is 1. The van der Waals surface area contributed by atoms with E-state index in [0.717, 1.165) is 10.0 Å². The minimum atomic E-state index is 0.640. The van der Waals surface area contributed by atoms with Crippen molar-refractivity contribution in [3.8, 4) is 11.5 Å². The molecule has 104 valence electrons. The molecule has 2 rings (SSSR count). The summed E-state index contributed by atoms with van der Waals surface area (Å²) in [4.78, 5) is 4.11. The average molecular weight is 336 g/mol. The second-order valence-electron chi connectivity index (χ2n) is 3.82. The highest BCUT2D eigenvalue weighted by molar-refractivity contribution is 9.10. The minimum absolute atomic E-state index is 0.640. The van der Waals surface area contributed by atoms with E-state index < -0.39 is 0 Å². The third-order valence-corrected chi connectivity index (χ3v) is 3.10. The number of anilines is 1. The SMILES string of the molecule is COc1cc(/C=N\Nc2ccccn2)cc(Br)c1OC. The Morgan fingerprint density at radius 2 is 2.10 bits per heavy atom. The first-order valence-electron chi connectivity index (χ1n) is 5.86. The van der Waals surface area contributed by atoms with Gasteiger partial charge < -0.3 is 9.47 Å². The Morgan fingerprint density at radius 3 is 2.75 bits per heavy atom. The molecule has 0 aliphatic heterocycles. The zero-order chi connectivity index (χ0) is 14.4. The Morgan fingerprint density at radius 1 is 1.25 bits per heavy atom. The second-order valence-corrected chi connectivity index (χ2v) is 4.68. The molecule has 0 aliphatic carbocycles. The lowest BCUT2D eigenvalue weighted by molar-refractivity contribution is 0.353. The van der Waals surface area contributed by atoms with Gasteiger partial charge in [0, 0.05) is 6.20 Å². The van der Waals surface area contributed by atoms with Crippen molar-refractivity contribution in [2.45, 2.75) is 0 Å². The van der Waals surface area contributed by atoms with Crippen LogP contribution in [0.4, 0.5) is 5.82 Å². The van der Waals surface area contributed by atoms with Crippen molar-refractivity contribution in [1.82, 2.24) is 4.98 Å². The summed E-state index contributed by atoms with van der Waals surface area (Å²) in [5, 5.41) is 4.13. The molecule has 2 aromatic rings. The summed E-state index contributed by atoms with van der Waals surface area (Å²) in [5.74, 6) is 1.98. The van der Waals surface area contributed by atoms with Gasteiger partial charge in [0.1, 0.15) is 5.82 Å². The monoisotopic (exact) mass is 335 g/mol. The van der Waals surface area contributed by atoms with E-state index in [1.165, 1.54) is 0 Å². The molecule has 1 heterocycles. The molecule has 20 heavy (non-hydrogen) atoms. The first-order chi connectivity index (χ1) is 9.74. The van der Waals surface area contributed by atoms with Gasteiger partial charge in [0.05, 0.1) is 24.9 Å². The topological polar surface area (TPSA) is 55.7 Å². The average Bonchev–Trinajstić information content (AvgIpc) is 2.47. The molecule has 0 saturated carbocycles. The first kappa shape index (κ1) is 14.3. The number of nitrogens with zero attached hydrogens (tertiary/aromatic N) is 2. The normalized spacial score (nSPS) is 10.6. The van der Waals surface area contributed by atoms with E-state index in [2.05, 4.69) is 31.4 Å². The van der Waals surface area contributed by atoms with E-state index in [1.54, 1.807) is 26.6 Å². The van der Waals surface area contributed by atoms with Crippen molar-refractivity contribution in [2.24, 2.45) is 5.10 Å². The molecule has 0 atom stereocenters. The van der Waals surface area contributed by atoms with Crippen LogP contribution < -0.4 is 14.9 Å². The van der Waals surface area contributed by atoms with Gasteiger partial charge in [0.25, 0.3) is 0 Å². The molecule has 5 nitrogen and oxygen atoms in total. The van der Waals surface area contributed by atoms with Crippen LogP contribution in [0, 0.1) is 0 Å². The summed E-state index contributed by atoms with van der Waals surface area (Å²) < 4.78 is 11.3. The predicted molar refractivity (Wildman–Crippen MR) is 82.7 cm³/mol. The number of hydrogen-bond donors (Lipinski definition) is 1. The summed E-state index contributed by atoms with van der Waals surface area (Å²) in [7, 11) is 3.19. The van der Waals surface area contributed by atoms with E-state index in [-0.39, 0.29) is 0 Å².